The largest absolute Gasteiger partial charge is 0.465 e. The molecule has 5 nitrogen and oxygen atoms in total. The van der Waals surface area contributed by atoms with Gasteiger partial charge in [0.1, 0.15) is 17.6 Å². The van der Waals surface area contributed by atoms with Crippen LogP contribution in [0.3, 0.4) is 0 Å². The van der Waals surface area contributed by atoms with E-state index in [1.807, 2.05) is 6.92 Å². The highest BCUT2D eigenvalue weighted by atomic mass is 32.2. The summed E-state index contributed by atoms with van der Waals surface area (Å²) in [7, 11) is 0. The molecule has 210 valence electrons. The summed E-state index contributed by atoms with van der Waals surface area (Å²) >= 11 is 1.62. The number of allylic oxidation sites excluding steroid dienone is 4. The zero-order valence-corrected chi connectivity index (χ0v) is 25.6. The first-order valence-electron chi connectivity index (χ1n) is 14.1. The van der Waals surface area contributed by atoms with Gasteiger partial charge in [0.25, 0.3) is 0 Å². The number of carbonyl (C=O) groups excluding carboxylic acids is 3. The maximum absolute atomic E-state index is 13.4. The van der Waals surface area contributed by atoms with Crippen molar-refractivity contribution in [3.63, 3.8) is 0 Å². The minimum Gasteiger partial charge on any atom is -0.465 e. The Balaban J connectivity index is 1.99. The molecule has 0 bridgehead atoms. The number of hydrogen-bond acceptors (Lipinski definition) is 6. The number of rotatable bonds is 13. The van der Waals surface area contributed by atoms with Crippen molar-refractivity contribution in [2.75, 3.05) is 12.4 Å². The Morgan fingerprint density at radius 1 is 0.865 bits per heavy atom. The molecule has 0 spiro atoms. The average Bonchev–Trinajstić information content (AvgIpc) is 2.80. The Hall–Kier alpha value is -1.40. The van der Waals surface area contributed by atoms with Crippen LogP contribution < -0.4 is 5.32 Å². The molecule has 0 saturated carbocycles. The van der Waals surface area contributed by atoms with Gasteiger partial charge in [0.15, 0.2) is 0 Å². The van der Waals surface area contributed by atoms with Crippen LogP contribution in [-0.2, 0) is 19.1 Å². The molecule has 0 saturated heterocycles. The van der Waals surface area contributed by atoms with Crippen LogP contribution in [0.5, 0.6) is 0 Å². The smallest absolute Gasteiger partial charge is 0.323 e. The third kappa shape index (κ3) is 7.38. The van der Waals surface area contributed by atoms with Crippen LogP contribution in [0, 0.1) is 21.7 Å². The van der Waals surface area contributed by atoms with Crippen molar-refractivity contribution in [1.29, 1.82) is 0 Å². The van der Waals surface area contributed by atoms with Gasteiger partial charge in [-0.15, -0.1) is 0 Å². The standard InChI is InChI=1S/C31H51NO4S/c1-10-36-27(35)24(32-22(2)19-25(33)30(8)17-13-11-15-28(30,4)5)21-37-23(3)20-26(34)31(9)18-14-12-16-29(31,6)7/h11-12,15-16,22-24,32H,10,13-14,17-21H2,1-9H3. The maximum atomic E-state index is 13.4. The molecule has 5 atom stereocenters. The van der Waals surface area contributed by atoms with E-state index in [1.54, 1.807) is 18.7 Å². The molecule has 2 aliphatic carbocycles. The number of ketones is 2. The van der Waals surface area contributed by atoms with Gasteiger partial charge < -0.3 is 10.1 Å². The second-order valence-electron chi connectivity index (χ2n) is 12.8. The highest BCUT2D eigenvalue weighted by Gasteiger charge is 2.47. The van der Waals surface area contributed by atoms with E-state index in [4.69, 9.17) is 4.74 Å². The van der Waals surface area contributed by atoms with Gasteiger partial charge in [-0.1, -0.05) is 72.8 Å². The Morgan fingerprint density at radius 2 is 1.35 bits per heavy atom. The Bertz CT molecular complexity index is 892. The molecular weight excluding hydrogens is 482 g/mol. The van der Waals surface area contributed by atoms with Crippen molar-refractivity contribution in [2.45, 2.75) is 118 Å². The van der Waals surface area contributed by atoms with Crippen molar-refractivity contribution in [2.24, 2.45) is 21.7 Å². The zero-order chi connectivity index (χ0) is 28.1. The molecule has 5 unspecified atom stereocenters. The van der Waals surface area contributed by atoms with Crippen molar-refractivity contribution in [1.82, 2.24) is 5.32 Å². The molecule has 6 heteroatoms. The summed E-state index contributed by atoms with van der Waals surface area (Å²) in [5.41, 5.74) is -1.15. The summed E-state index contributed by atoms with van der Waals surface area (Å²) in [4.78, 5) is 39.6. The van der Waals surface area contributed by atoms with Gasteiger partial charge in [-0.3, -0.25) is 14.4 Å². The van der Waals surface area contributed by atoms with E-state index in [-0.39, 0.29) is 39.3 Å². The lowest BCUT2D eigenvalue weighted by molar-refractivity contribution is -0.145. The summed E-state index contributed by atoms with van der Waals surface area (Å²) < 4.78 is 5.35. The Labute approximate surface area is 230 Å². The predicted molar refractivity (Wildman–Crippen MR) is 155 cm³/mol. The Kier molecular flexibility index (Phi) is 10.9. The summed E-state index contributed by atoms with van der Waals surface area (Å²) in [5, 5.41) is 3.46. The average molecular weight is 534 g/mol. The van der Waals surface area contributed by atoms with Crippen LogP contribution in [0.4, 0.5) is 0 Å². The van der Waals surface area contributed by atoms with E-state index in [0.717, 1.165) is 25.7 Å². The predicted octanol–water partition coefficient (Wildman–Crippen LogP) is 6.70. The van der Waals surface area contributed by atoms with Crippen molar-refractivity contribution < 1.29 is 19.1 Å². The van der Waals surface area contributed by atoms with Gasteiger partial charge in [-0.25, -0.2) is 0 Å². The van der Waals surface area contributed by atoms with Crippen LogP contribution in [0.15, 0.2) is 24.3 Å². The molecule has 0 amide bonds. The van der Waals surface area contributed by atoms with Crippen LogP contribution in [0.2, 0.25) is 0 Å². The van der Waals surface area contributed by atoms with E-state index in [0.29, 0.717) is 31.0 Å². The van der Waals surface area contributed by atoms with Crippen LogP contribution in [0.1, 0.15) is 101 Å². The first-order chi connectivity index (χ1) is 17.1. The molecule has 0 aromatic rings. The molecule has 2 rings (SSSR count). The number of carbonyl (C=O) groups is 3. The fourth-order valence-corrected chi connectivity index (χ4v) is 6.67. The van der Waals surface area contributed by atoms with E-state index in [2.05, 4.69) is 78.1 Å². The first-order valence-corrected chi connectivity index (χ1v) is 15.1. The van der Waals surface area contributed by atoms with Crippen molar-refractivity contribution in [3.8, 4) is 0 Å². The van der Waals surface area contributed by atoms with Crippen LogP contribution in [0.25, 0.3) is 0 Å². The fourth-order valence-electron chi connectivity index (χ4n) is 5.65. The molecule has 2 aliphatic rings. The van der Waals surface area contributed by atoms with Gasteiger partial charge >= 0.3 is 5.97 Å². The Morgan fingerprint density at radius 3 is 1.81 bits per heavy atom. The monoisotopic (exact) mass is 533 g/mol. The normalized spacial score (nSPS) is 28.8. The molecule has 0 heterocycles. The SMILES string of the molecule is CCOC(=O)C(CSC(C)CC(=O)C1(C)CCC=CC1(C)C)NC(C)CC(=O)C1(C)CCC=CC1(C)C. The maximum Gasteiger partial charge on any atom is 0.323 e. The van der Waals surface area contributed by atoms with Crippen molar-refractivity contribution >= 4 is 29.3 Å². The molecule has 1 N–H and O–H groups in total. The van der Waals surface area contributed by atoms with Gasteiger partial charge in [-0.05, 0) is 50.4 Å². The molecule has 0 aromatic carbocycles. The van der Waals surface area contributed by atoms with E-state index in [9.17, 15) is 14.4 Å². The lowest BCUT2D eigenvalue weighted by Crippen LogP contribution is -2.49. The first kappa shape index (κ1) is 31.8. The quantitative estimate of drug-likeness (QED) is 0.210. The third-order valence-corrected chi connectivity index (χ3v) is 10.6. The highest BCUT2D eigenvalue weighted by molar-refractivity contribution is 7.99. The van der Waals surface area contributed by atoms with Gasteiger partial charge in [-0.2, -0.15) is 11.8 Å². The molecule has 0 fully saturated rings. The summed E-state index contributed by atoms with van der Waals surface area (Å²) in [6, 6.07) is -0.686. The summed E-state index contributed by atoms with van der Waals surface area (Å²) in [6.07, 6.45) is 13.1. The number of thioether (sulfide) groups is 1. The van der Waals surface area contributed by atoms with Gasteiger partial charge in [0.2, 0.25) is 0 Å². The minimum absolute atomic E-state index is 0.0791. The van der Waals surface area contributed by atoms with Crippen LogP contribution >= 0.6 is 11.8 Å². The third-order valence-electron chi connectivity index (χ3n) is 9.33. The van der Waals surface area contributed by atoms with E-state index >= 15 is 0 Å². The number of esters is 1. The minimum atomic E-state index is -0.526. The molecular formula is C31H51NO4S. The zero-order valence-electron chi connectivity index (χ0n) is 24.7. The van der Waals surface area contributed by atoms with E-state index < -0.39 is 11.5 Å². The second kappa shape index (κ2) is 12.6. The van der Waals surface area contributed by atoms with Crippen LogP contribution in [-0.4, -0.2) is 47.2 Å². The number of hydrogen-bond donors (Lipinski definition) is 1. The molecule has 0 aliphatic heterocycles. The lowest BCUT2D eigenvalue weighted by atomic mass is 9.59. The van der Waals surface area contributed by atoms with Gasteiger partial charge in [0.05, 0.1) is 6.61 Å². The van der Waals surface area contributed by atoms with Crippen molar-refractivity contribution in [3.05, 3.63) is 24.3 Å². The second-order valence-corrected chi connectivity index (χ2v) is 14.2. The highest BCUT2D eigenvalue weighted by Crippen LogP contribution is 2.49. The van der Waals surface area contributed by atoms with Gasteiger partial charge in [0, 0.05) is 40.7 Å². The fraction of sp³-hybridized carbons (Fsp3) is 0.774. The molecule has 0 aromatic heterocycles. The number of Topliss-reactive ketones (excluding diaryl/α,β-unsaturated/α-hetero) is 2. The molecule has 0 radical (unpaired) electrons. The summed E-state index contributed by atoms with van der Waals surface area (Å²) in [5.74, 6) is 0.718. The topological polar surface area (TPSA) is 72.5 Å². The number of ether oxygens (including phenoxy) is 1. The number of nitrogens with one attached hydrogen (secondary N) is 1. The summed E-state index contributed by atoms with van der Waals surface area (Å²) in [6.45, 7) is 18.9. The molecule has 37 heavy (non-hydrogen) atoms. The lowest BCUT2D eigenvalue weighted by Gasteiger charge is -2.44. The van der Waals surface area contributed by atoms with E-state index in [1.165, 1.54) is 0 Å².